The minimum atomic E-state index is -3.49. The molecule has 0 amide bonds. The fraction of sp³-hybridized carbons (Fsp3) is 0.300. The van der Waals surface area contributed by atoms with Gasteiger partial charge in [-0.25, -0.2) is 17.8 Å². The molecule has 3 aromatic rings. The maximum Gasteiger partial charge on any atom is 0.243 e. The van der Waals surface area contributed by atoms with Crippen molar-refractivity contribution < 1.29 is 12.8 Å². The second-order valence-electron chi connectivity index (χ2n) is 6.85. The molecule has 152 valence electrons. The van der Waals surface area contributed by atoms with E-state index in [1.807, 2.05) is 6.07 Å². The molecule has 0 aliphatic carbocycles. The number of aromatic nitrogens is 2. The molecule has 0 spiro atoms. The van der Waals surface area contributed by atoms with Crippen molar-refractivity contribution in [3.63, 3.8) is 0 Å². The van der Waals surface area contributed by atoms with Gasteiger partial charge in [-0.3, -0.25) is 0 Å². The van der Waals surface area contributed by atoms with Gasteiger partial charge >= 0.3 is 0 Å². The molecule has 4 rings (SSSR count). The second kappa shape index (κ2) is 8.56. The number of sulfonamides is 1. The zero-order valence-corrected chi connectivity index (χ0v) is 17.4. The van der Waals surface area contributed by atoms with E-state index in [1.54, 1.807) is 40.7 Å². The van der Waals surface area contributed by atoms with Crippen LogP contribution in [0.1, 0.15) is 17.8 Å². The number of hydrogen-bond donors (Lipinski definition) is 0. The molecule has 1 aliphatic rings. The molecule has 1 saturated heterocycles. The van der Waals surface area contributed by atoms with Crippen molar-refractivity contribution in [2.24, 2.45) is 0 Å². The van der Waals surface area contributed by atoms with Crippen LogP contribution in [0.25, 0.3) is 0 Å². The fourth-order valence-electron chi connectivity index (χ4n) is 3.30. The lowest BCUT2D eigenvalue weighted by atomic mass is 10.1. The Morgan fingerprint density at radius 3 is 2.48 bits per heavy atom. The van der Waals surface area contributed by atoms with Crippen molar-refractivity contribution >= 4 is 26.7 Å². The summed E-state index contributed by atoms with van der Waals surface area (Å²) >= 11 is 1.32. The molecule has 9 heteroatoms. The first kappa shape index (κ1) is 19.9. The molecule has 0 bridgehead atoms. The number of hydrogen-bond acceptors (Lipinski definition) is 6. The van der Waals surface area contributed by atoms with E-state index in [0.29, 0.717) is 36.8 Å². The largest absolute Gasteiger partial charge is 0.345 e. The van der Waals surface area contributed by atoms with Gasteiger partial charge in [-0.15, -0.1) is 0 Å². The zero-order chi connectivity index (χ0) is 20.3. The summed E-state index contributed by atoms with van der Waals surface area (Å²) in [5, 5.41) is 0.793. The topological polar surface area (TPSA) is 66.4 Å². The Kier molecular flexibility index (Phi) is 5.89. The van der Waals surface area contributed by atoms with Crippen LogP contribution < -0.4 is 4.90 Å². The van der Waals surface area contributed by atoms with Crippen molar-refractivity contribution in [2.75, 3.05) is 31.1 Å². The van der Waals surface area contributed by atoms with Crippen molar-refractivity contribution in [3.05, 3.63) is 71.8 Å². The predicted octanol–water partition coefficient (Wildman–Crippen LogP) is 3.17. The highest BCUT2D eigenvalue weighted by atomic mass is 32.2. The predicted molar refractivity (Wildman–Crippen MR) is 111 cm³/mol. The number of anilines is 1. The Hall–Kier alpha value is -2.36. The highest BCUT2D eigenvalue weighted by Gasteiger charge is 2.27. The van der Waals surface area contributed by atoms with E-state index >= 15 is 0 Å². The third-order valence-corrected chi connectivity index (χ3v) is 7.57. The van der Waals surface area contributed by atoms with Gasteiger partial charge in [-0.2, -0.15) is 8.68 Å². The third-order valence-electron chi connectivity index (χ3n) is 4.84. The summed E-state index contributed by atoms with van der Waals surface area (Å²) in [5.74, 6) is 0.426. The van der Waals surface area contributed by atoms with Crippen LogP contribution in [0.2, 0.25) is 0 Å². The molecule has 0 unspecified atom stereocenters. The van der Waals surface area contributed by atoms with E-state index in [0.717, 1.165) is 23.7 Å². The van der Waals surface area contributed by atoms with Gasteiger partial charge < -0.3 is 4.90 Å². The average molecular weight is 433 g/mol. The first-order valence-electron chi connectivity index (χ1n) is 9.39. The Labute approximate surface area is 173 Å². The van der Waals surface area contributed by atoms with E-state index in [2.05, 4.69) is 14.3 Å². The van der Waals surface area contributed by atoms with Gasteiger partial charge in [-0.1, -0.05) is 30.3 Å². The van der Waals surface area contributed by atoms with E-state index in [-0.39, 0.29) is 5.82 Å². The van der Waals surface area contributed by atoms with Gasteiger partial charge in [0.1, 0.15) is 11.6 Å². The monoisotopic (exact) mass is 432 g/mol. The normalized spacial score (nSPS) is 16.0. The molecule has 0 saturated carbocycles. The number of benzene rings is 2. The van der Waals surface area contributed by atoms with Crippen LogP contribution in [0.4, 0.5) is 9.52 Å². The van der Waals surface area contributed by atoms with E-state index in [9.17, 15) is 12.8 Å². The first-order chi connectivity index (χ1) is 14.0. The average Bonchev–Trinajstić information content (AvgIpc) is 3.04. The Balaban J connectivity index is 1.42. The first-order valence-corrected chi connectivity index (χ1v) is 11.6. The number of nitrogens with zero attached hydrogens (tertiary/aromatic N) is 4. The standard InChI is InChI=1S/C20H21FN4O2S2/c21-17-9-7-16(8-10-17)15-19-22-20(28-23-19)24-11-4-12-25(14-13-24)29(26,27)18-5-2-1-3-6-18/h1-3,5-10H,4,11-15H2. The lowest BCUT2D eigenvalue weighted by Gasteiger charge is -2.21. The third kappa shape index (κ3) is 4.63. The lowest BCUT2D eigenvalue weighted by molar-refractivity contribution is 0.433. The van der Waals surface area contributed by atoms with Gasteiger partial charge in [0, 0.05) is 44.1 Å². The van der Waals surface area contributed by atoms with Crippen molar-refractivity contribution in [2.45, 2.75) is 17.7 Å². The molecule has 0 N–H and O–H groups in total. The summed E-state index contributed by atoms with van der Waals surface area (Å²) in [5.41, 5.74) is 0.951. The van der Waals surface area contributed by atoms with Crippen LogP contribution >= 0.6 is 11.5 Å². The van der Waals surface area contributed by atoms with Crippen LogP contribution in [0.3, 0.4) is 0 Å². The number of rotatable bonds is 5. The van der Waals surface area contributed by atoms with Crippen molar-refractivity contribution in [1.82, 2.24) is 13.7 Å². The maximum absolute atomic E-state index is 13.1. The molecule has 1 aromatic heterocycles. The summed E-state index contributed by atoms with van der Waals surface area (Å²) in [6.07, 6.45) is 1.26. The minimum Gasteiger partial charge on any atom is -0.345 e. The summed E-state index contributed by atoms with van der Waals surface area (Å²) in [6.45, 7) is 2.18. The van der Waals surface area contributed by atoms with Gasteiger partial charge in [0.25, 0.3) is 0 Å². The molecule has 1 fully saturated rings. The SMILES string of the molecule is O=S(=O)(c1ccccc1)N1CCCN(c2nc(Cc3ccc(F)cc3)ns2)CC1. The Morgan fingerprint density at radius 1 is 0.966 bits per heavy atom. The summed E-state index contributed by atoms with van der Waals surface area (Å²) < 4.78 is 44.8. The second-order valence-corrected chi connectivity index (χ2v) is 9.52. The molecule has 0 radical (unpaired) electrons. The van der Waals surface area contributed by atoms with E-state index in [1.165, 1.54) is 23.7 Å². The molecule has 1 aliphatic heterocycles. The molecular weight excluding hydrogens is 411 g/mol. The van der Waals surface area contributed by atoms with Crippen LogP contribution in [-0.2, 0) is 16.4 Å². The fourth-order valence-corrected chi connectivity index (χ4v) is 5.52. The molecule has 29 heavy (non-hydrogen) atoms. The van der Waals surface area contributed by atoms with Crippen LogP contribution in [0.5, 0.6) is 0 Å². The van der Waals surface area contributed by atoms with Gasteiger partial charge in [-0.05, 0) is 36.2 Å². The summed E-state index contributed by atoms with van der Waals surface area (Å²) in [4.78, 5) is 7.02. The summed E-state index contributed by atoms with van der Waals surface area (Å²) in [7, 11) is -3.49. The quantitative estimate of drug-likeness (QED) is 0.620. The molecule has 6 nitrogen and oxygen atoms in total. The van der Waals surface area contributed by atoms with Gasteiger partial charge in [0.05, 0.1) is 4.90 Å². The van der Waals surface area contributed by atoms with Crippen LogP contribution in [0.15, 0.2) is 59.5 Å². The van der Waals surface area contributed by atoms with Crippen LogP contribution in [-0.4, -0.2) is 48.3 Å². The highest BCUT2D eigenvalue weighted by molar-refractivity contribution is 7.89. The van der Waals surface area contributed by atoms with Gasteiger partial charge in [0.2, 0.25) is 15.2 Å². The van der Waals surface area contributed by atoms with E-state index < -0.39 is 10.0 Å². The Bertz CT molecular complexity index is 1060. The van der Waals surface area contributed by atoms with E-state index in [4.69, 9.17) is 0 Å². The molecule has 2 aromatic carbocycles. The minimum absolute atomic E-state index is 0.264. The highest BCUT2D eigenvalue weighted by Crippen LogP contribution is 2.23. The summed E-state index contributed by atoms with van der Waals surface area (Å²) in [6, 6.07) is 14.9. The molecule has 0 atom stereocenters. The van der Waals surface area contributed by atoms with Crippen molar-refractivity contribution in [3.8, 4) is 0 Å². The molecule has 2 heterocycles. The van der Waals surface area contributed by atoms with Crippen molar-refractivity contribution in [1.29, 1.82) is 0 Å². The smallest absolute Gasteiger partial charge is 0.243 e. The molecular formula is C20H21FN4O2S2. The zero-order valence-electron chi connectivity index (χ0n) is 15.7. The lowest BCUT2D eigenvalue weighted by Crippen LogP contribution is -2.35. The maximum atomic E-state index is 13.1. The Morgan fingerprint density at radius 2 is 1.72 bits per heavy atom. The van der Waals surface area contributed by atoms with Gasteiger partial charge in [0.15, 0.2) is 0 Å². The number of halogens is 1. The van der Waals surface area contributed by atoms with Crippen LogP contribution in [0, 0.1) is 5.82 Å².